The molecule has 0 spiro atoms. The Morgan fingerprint density at radius 2 is 2.11 bits per heavy atom. The third-order valence-corrected chi connectivity index (χ3v) is 4.90. The van der Waals surface area contributed by atoms with Gasteiger partial charge in [0.05, 0.1) is 25.8 Å². The lowest BCUT2D eigenvalue weighted by atomic mass is 9.96. The van der Waals surface area contributed by atoms with Crippen LogP contribution in [0.15, 0.2) is 18.2 Å². The first-order valence-electron chi connectivity index (χ1n) is 9.29. The lowest BCUT2D eigenvalue weighted by Gasteiger charge is -2.31. The number of likely N-dealkylation sites (tertiary alicyclic amines) is 1. The maximum absolute atomic E-state index is 12.5. The minimum absolute atomic E-state index is 0.176. The van der Waals surface area contributed by atoms with Crippen LogP contribution in [0, 0.1) is 5.92 Å². The molecule has 1 saturated heterocycles. The zero-order valence-corrected chi connectivity index (χ0v) is 15.8. The molecule has 0 aliphatic carbocycles. The monoisotopic (exact) mass is 374 g/mol. The standard InChI is InChI=1S/C19H26N4O4/c1-3-27-17(24)12-23-8-6-13(7-9-23)11-20-19(25)18-15-10-14(26-2)4-5-16(15)21-22-18/h4-5,10,13H,3,6-9,11-12H2,1-2H3,(H,20,25)(H,21,22). The normalized spacial score (nSPS) is 15.6. The number of hydrogen-bond donors (Lipinski definition) is 2. The fraction of sp³-hybridized carbons (Fsp3) is 0.526. The van der Waals surface area contributed by atoms with Crippen LogP contribution in [0.3, 0.4) is 0 Å². The second-order valence-electron chi connectivity index (χ2n) is 6.72. The summed E-state index contributed by atoms with van der Waals surface area (Å²) in [5, 5.41) is 10.8. The molecule has 1 amide bonds. The molecule has 0 bridgehead atoms. The predicted molar refractivity (Wildman–Crippen MR) is 101 cm³/mol. The van der Waals surface area contributed by atoms with Crippen molar-refractivity contribution in [2.24, 2.45) is 5.92 Å². The van der Waals surface area contributed by atoms with Crippen LogP contribution in [0.25, 0.3) is 10.9 Å². The Balaban J connectivity index is 1.50. The minimum atomic E-state index is -0.191. The van der Waals surface area contributed by atoms with E-state index < -0.39 is 0 Å². The highest BCUT2D eigenvalue weighted by atomic mass is 16.5. The highest BCUT2D eigenvalue weighted by Gasteiger charge is 2.22. The fourth-order valence-corrected chi connectivity index (χ4v) is 3.35. The van der Waals surface area contributed by atoms with Gasteiger partial charge in [-0.3, -0.25) is 19.6 Å². The van der Waals surface area contributed by atoms with E-state index in [-0.39, 0.29) is 11.9 Å². The molecule has 0 radical (unpaired) electrons. The molecule has 1 aliphatic rings. The largest absolute Gasteiger partial charge is 0.497 e. The predicted octanol–water partition coefficient (Wildman–Crippen LogP) is 1.58. The van der Waals surface area contributed by atoms with E-state index in [0.29, 0.717) is 37.1 Å². The van der Waals surface area contributed by atoms with Crippen LogP contribution in [-0.4, -0.2) is 66.9 Å². The summed E-state index contributed by atoms with van der Waals surface area (Å²) in [4.78, 5) is 26.2. The van der Waals surface area contributed by atoms with Crippen molar-refractivity contribution >= 4 is 22.8 Å². The number of rotatable bonds is 7. The van der Waals surface area contributed by atoms with Crippen molar-refractivity contribution in [3.63, 3.8) is 0 Å². The van der Waals surface area contributed by atoms with E-state index in [1.807, 2.05) is 25.1 Å². The van der Waals surface area contributed by atoms with E-state index in [1.54, 1.807) is 7.11 Å². The molecule has 8 heteroatoms. The Kier molecular flexibility index (Phi) is 6.28. The van der Waals surface area contributed by atoms with Crippen molar-refractivity contribution in [1.29, 1.82) is 0 Å². The topological polar surface area (TPSA) is 96.5 Å². The van der Waals surface area contributed by atoms with Crippen molar-refractivity contribution in [2.75, 3.05) is 39.9 Å². The molecule has 1 aliphatic heterocycles. The van der Waals surface area contributed by atoms with Gasteiger partial charge in [0.25, 0.3) is 5.91 Å². The summed E-state index contributed by atoms with van der Waals surface area (Å²) in [5.74, 6) is 0.715. The number of piperidine rings is 1. The van der Waals surface area contributed by atoms with E-state index in [4.69, 9.17) is 9.47 Å². The number of fused-ring (bicyclic) bond motifs is 1. The maximum Gasteiger partial charge on any atom is 0.320 e. The zero-order valence-electron chi connectivity index (χ0n) is 15.8. The molecular weight excluding hydrogens is 348 g/mol. The van der Waals surface area contributed by atoms with E-state index in [2.05, 4.69) is 20.4 Å². The molecule has 2 aromatic rings. The molecule has 8 nitrogen and oxygen atoms in total. The molecule has 146 valence electrons. The highest BCUT2D eigenvalue weighted by molar-refractivity contribution is 6.05. The molecule has 2 N–H and O–H groups in total. The van der Waals surface area contributed by atoms with Crippen LogP contribution in [-0.2, 0) is 9.53 Å². The first-order valence-corrected chi connectivity index (χ1v) is 9.29. The highest BCUT2D eigenvalue weighted by Crippen LogP contribution is 2.22. The number of amides is 1. The quantitative estimate of drug-likeness (QED) is 0.714. The Bertz CT molecular complexity index is 796. The first-order chi connectivity index (χ1) is 13.1. The van der Waals surface area contributed by atoms with Gasteiger partial charge in [-0.1, -0.05) is 0 Å². The molecule has 1 aromatic heterocycles. The van der Waals surface area contributed by atoms with Gasteiger partial charge in [-0.2, -0.15) is 5.10 Å². The molecular formula is C19H26N4O4. The SMILES string of the molecule is CCOC(=O)CN1CCC(CNC(=O)c2n[nH]c3ccc(OC)cc23)CC1. The number of nitrogens with one attached hydrogen (secondary N) is 2. The second kappa shape index (κ2) is 8.85. The third-order valence-electron chi connectivity index (χ3n) is 4.90. The minimum Gasteiger partial charge on any atom is -0.497 e. The average Bonchev–Trinajstić information content (AvgIpc) is 3.10. The summed E-state index contributed by atoms with van der Waals surface area (Å²) in [7, 11) is 1.59. The van der Waals surface area contributed by atoms with E-state index in [0.717, 1.165) is 36.8 Å². The number of ether oxygens (including phenoxy) is 2. The smallest absolute Gasteiger partial charge is 0.320 e. The number of nitrogens with zero attached hydrogens (tertiary/aromatic N) is 2. The van der Waals surface area contributed by atoms with Crippen LogP contribution >= 0.6 is 0 Å². The van der Waals surface area contributed by atoms with Gasteiger partial charge in [0.1, 0.15) is 5.75 Å². The van der Waals surface area contributed by atoms with Crippen molar-refractivity contribution in [1.82, 2.24) is 20.4 Å². The number of H-pyrrole nitrogens is 1. The zero-order chi connectivity index (χ0) is 19.2. The lowest BCUT2D eigenvalue weighted by molar-refractivity contribution is -0.144. The number of esters is 1. The summed E-state index contributed by atoms with van der Waals surface area (Å²) in [6, 6.07) is 5.48. The van der Waals surface area contributed by atoms with Crippen molar-refractivity contribution in [3.05, 3.63) is 23.9 Å². The van der Waals surface area contributed by atoms with Gasteiger partial charge in [-0.25, -0.2) is 0 Å². The van der Waals surface area contributed by atoms with Crippen LogP contribution in [0.2, 0.25) is 0 Å². The molecule has 1 aromatic carbocycles. The average molecular weight is 374 g/mol. The molecule has 0 saturated carbocycles. The van der Waals surface area contributed by atoms with Gasteiger partial charge in [0, 0.05) is 11.9 Å². The number of aromatic nitrogens is 2. The van der Waals surface area contributed by atoms with Crippen molar-refractivity contribution < 1.29 is 19.1 Å². The van der Waals surface area contributed by atoms with Gasteiger partial charge in [0.2, 0.25) is 0 Å². The van der Waals surface area contributed by atoms with E-state index >= 15 is 0 Å². The third kappa shape index (κ3) is 4.77. The Morgan fingerprint density at radius 1 is 1.33 bits per heavy atom. The van der Waals surface area contributed by atoms with Gasteiger partial charge in [0.15, 0.2) is 5.69 Å². The van der Waals surface area contributed by atoms with Crippen molar-refractivity contribution in [2.45, 2.75) is 19.8 Å². The number of carbonyl (C=O) groups excluding carboxylic acids is 2. The summed E-state index contributed by atoms with van der Waals surface area (Å²) in [5.41, 5.74) is 1.18. The molecule has 0 unspecified atom stereocenters. The van der Waals surface area contributed by atoms with Crippen LogP contribution < -0.4 is 10.1 Å². The number of benzene rings is 1. The van der Waals surface area contributed by atoms with Crippen LogP contribution in [0.5, 0.6) is 5.75 Å². The number of methoxy groups -OCH3 is 1. The molecule has 0 atom stereocenters. The van der Waals surface area contributed by atoms with Gasteiger partial charge in [-0.15, -0.1) is 0 Å². The molecule has 2 heterocycles. The van der Waals surface area contributed by atoms with Gasteiger partial charge >= 0.3 is 5.97 Å². The van der Waals surface area contributed by atoms with Crippen LogP contribution in [0.4, 0.5) is 0 Å². The van der Waals surface area contributed by atoms with Gasteiger partial charge < -0.3 is 14.8 Å². The summed E-state index contributed by atoms with van der Waals surface area (Å²) in [6.45, 7) is 4.84. The lowest BCUT2D eigenvalue weighted by Crippen LogP contribution is -2.41. The number of aromatic amines is 1. The maximum atomic E-state index is 12.5. The number of carbonyl (C=O) groups is 2. The van der Waals surface area contributed by atoms with Gasteiger partial charge in [-0.05, 0) is 57.0 Å². The van der Waals surface area contributed by atoms with E-state index in [1.165, 1.54) is 0 Å². The second-order valence-corrected chi connectivity index (χ2v) is 6.72. The van der Waals surface area contributed by atoms with Crippen LogP contribution in [0.1, 0.15) is 30.3 Å². The molecule has 1 fully saturated rings. The molecule has 27 heavy (non-hydrogen) atoms. The Labute approximate surface area is 158 Å². The summed E-state index contributed by atoms with van der Waals surface area (Å²) >= 11 is 0. The summed E-state index contributed by atoms with van der Waals surface area (Å²) < 4.78 is 10.2. The van der Waals surface area contributed by atoms with Crippen molar-refractivity contribution in [3.8, 4) is 5.75 Å². The van der Waals surface area contributed by atoms with E-state index in [9.17, 15) is 9.59 Å². The molecule has 3 rings (SSSR count). The number of hydrogen-bond acceptors (Lipinski definition) is 6. The summed E-state index contributed by atoms with van der Waals surface area (Å²) in [6.07, 6.45) is 1.88. The fourth-order valence-electron chi connectivity index (χ4n) is 3.35. The first kappa shape index (κ1) is 19.2. The Morgan fingerprint density at radius 3 is 2.81 bits per heavy atom. The Hall–Kier alpha value is -2.61.